The summed E-state index contributed by atoms with van der Waals surface area (Å²) in [5.74, 6) is -0.547. The van der Waals surface area contributed by atoms with Gasteiger partial charge in [0, 0.05) is 23.9 Å². The maximum absolute atomic E-state index is 12.9. The second kappa shape index (κ2) is 6.88. The molecule has 1 aliphatic rings. The van der Waals surface area contributed by atoms with Crippen LogP contribution in [0.4, 0.5) is 4.39 Å². The van der Waals surface area contributed by atoms with Gasteiger partial charge in [0.1, 0.15) is 10.8 Å². The number of amides is 2. The van der Waals surface area contributed by atoms with Gasteiger partial charge in [-0.2, -0.15) is 0 Å². The van der Waals surface area contributed by atoms with Crippen molar-refractivity contribution in [2.24, 2.45) is 0 Å². The molecule has 23 heavy (non-hydrogen) atoms. The van der Waals surface area contributed by atoms with Crippen molar-refractivity contribution in [3.8, 4) is 11.3 Å². The highest BCUT2D eigenvalue weighted by molar-refractivity contribution is 14.1. The summed E-state index contributed by atoms with van der Waals surface area (Å²) in [6.45, 7) is 0.266. The summed E-state index contributed by atoms with van der Waals surface area (Å²) in [6, 6.07) is 6.16. The molecule has 0 N–H and O–H groups in total. The molecule has 2 amide bonds. The number of imide groups is 1. The zero-order valence-electron chi connectivity index (χ0n) is 11.9. The lowest BCUT2D eigenvalue weighted by molar-refractivity contribution is -0.137. The molecule has 1 aromatic carbocycles. The first-order valence-corrected chi connectivity index (χ1v) is 9.03. The third kappa shape index (κ3) is 3.66. The summed E-state index contributed by atoms with van der Waals surface area (Å²) < 4.78 is 12.7. The monoisotopic (exact) mass is 442 g/mol. The second-order valence-corrected chi connectivity index (χ2v) is 7.39. The van der Waals surface area contributed by atoms with Crippen molar-refractivity contribution in [3.05, 3.63) is 46.5 Å². The van der Waals surface area contributed by atoms with Crippen LogP contribution in [0.2, 0.25) is 0 Å². The lowest BCUT2D eigenvalue weighted by atomic mass is 10.2. The Morgan fingerprint density at radius 2 is 2.09 bits per heavy atom. The summed E-state index contributed by atoms with van der Waals surface area (Å²) in [4.78, 5) is 29.2. The molecule has 7 heteroatoms. The molecule has 0 radical (unpaired) electrons. The molecule has 3 rings (SSSR count). The summed E-state index contributed by atoms with van der Waals surface area (Å²) in [5, 5.41) is 2.66. The van der Waals surface area contributed by atoms with Gasteiger partial charge in [0.2, 0.25) is 11.8 Å². The smallest absolute Gasteiger partial charge is 0.242 e. The van der Waals surface area contributed by atoms with E-state index in [0.29, 0.717) is 0 Å². The number of carbonyl (C=O) groups excluding carboxylic acids is 2. The normalized spacial score (nSPS) is 18.3. The Balaban J connectivity index is 1.66. The Bertz CT molecular complexity index is 773. The van der Waals surface area contributed by atoms with Gasteiger partial charge < -0.3 is 0 Å². The number of aromatic nitrogens is 1. The first kappa shape index (κ1) is 16.3. The van der Waals surface area contributed by atoms with Gasteiger partial charge in [-0.25, -0.2) is 9.37 Å². The molecule has 118 valence electrons. The summed E-state index contributed by atoms with van der Waals surface area (Å²) in [6.07, 6.45) is 3.83. The van der Waals surface area contributed by atoms with E-state index in [2.05, 4.69) is 4.98 Å². The molecule has 1 aliphatic heterocycles. The fraction of sp³-hybridized carbons (Fsp3) is 0.188. The largest absolute Gasteiger partial charge is 0.278 e. The van der Waals surface area contributed by atoms with Gasteiger partial charge in [0.05, 0.1) is 9.62 Å². The van der Waals surface area contributed by atoms with E-state index < -0.39 is 0 Å². The van der Waals surface area contributed by atoms with Crippen LogP contribution >= 0.6 is 33.9 Å². The van der Waals surface area contributed by atoms with Gasteiger partial charge in [-0.15, -0.1) is 11.3 Å². The molecular weight excluding hydrogens is 430 g/mol. The zero-order valence-corrected chi connectivity index (χ0v) is 14.9. The minimum absolute atomic E-state index is 0.133. The Hall–Kier alpha value is -1.61. The highest BCUT2D eigenvalue weighted by atomic mass is 127. The average Bonchev–Trinajstić information content (AvgIpc) is 3.08. The molecule has 1 saturated heterocycles. The number of thiazole rings is 1. The van der Waals surface area contributed by atoms with Crippen LogP contribution in [0.3, 0.4) is 0 Å². The molecule has 1 fully saturated rings. The molecule has 0 bridgehead atoms. The van der Waals surface area contributed by atoms with Crippen LogP contribution in [-0.4, -0.2) is 32.2 Å². The van der Waals surface area contributed by atoms with E-state index >= 15 is 0 Å². The minimum atomic E-state index is -0.280. The van der Waals surface area contributed by atoms with Crippen LogP contribution in [0.5, 0.6) is 0 Å². The van der Waals surface area contributed by atoms with Crippen LogP contribution in [0.15, 0.2) is 35.7 Å². The zero-order chi connectivity index (χ0) is 16.4. The molecule has 4 nitrogen and oxygen atoms in total. The first-order valence-electron chi connectivity index (χ1n) is 6.91. The molecule has 0 saturated carbocycles. The van der Waals surface area contributed by atoms with Gasteiger partial charge in [-0.1, -0.05) is 28.7 Å². The molecule has 1 atom stereocenters. The van der Waals surface area contributed by atoms with Gasteiger partial charge in [0.15, 0.2) is 0 Å². The van der Waals surface area contributed by atoms with Crippen LogP contribution in [0, 0.1) is 5.82 Å². The van der Waals surface area contributed by atoms with Gasteiger partial charge >= 0.3 is 0 Å². The summed E-state index contributed by atoms with van der Waals surface area (Å²) in [5.41, 5.74) is 1.62. The quantitative estimate of drug-likeness (QED) is 0.414. The predicted octanol–water partition coefficient (Wildman–Crippen LogP) is 3.52. The van der Waals surface area contributed by atoms with Gasteiger partial charge in [-0.05, 0) is 30.3 Å². The van der Waals surface area contributed by atoms with E-state index in [9.17, 15) is 14.0 Å². The number of halogens is 2. The van der Waals surface area contributed by atoms with Crippen molar-refractivity contribution >= 4 is 51.8 Å². The van der Waals surface area contributed by atoms with E-state index in [1.165, 1.54) is 28.4 Å². The SMILES string of the molecule is O=C1CC(I)C(=O)N1CC=Cc1nc(-c2ccc(F)cc2)cs1. The summed E-state index contributed by atoms with van der Waals surface area (Å²) in [7, 11) is 0. The van der Waals surface area contributed by atoms with Crippen molar-refractivity contribution in [2.75, 3.05) is 6.54 Å². The first-order chi connectivity index (χ1) is 11.0. The molecule has 2 aromatic rings. The number of hydrogen-bond donors (Lipinski definition) is 0. The van der Waals surface area contributed by atoms with E-state index in [1.54, 1.807) is 24.3 Å². The van der Waals surface area contributed by atoms with E-state index in [0.717, 1.165) is 16.3 Å². The summed E-state index contributed by atoms with van der Waals surface area (Å²) >= 11 is 3.44. The van der Waals surface area contributed by atoms with E-state index in [-0.39, 0.29) is 34.5 Å². The van der Waals surface area contributed by atoms with Crippen molar-refractivity contribution < 1.29 is 14.0 Å². The van der Waals surface area contributed by atoms with Crippen LogP contribution in [0.1, 0.15) is 11.4 Å². The minimum Gasteiger partial charge on any atom is -0.278 e. The van der Waals surface area contributed by atoms with Crippen LogP contribution in [0.25, 0.3) is 17.3 Å². The number of hydrogen-bond acceptors (Lipinski definition) is 4. The number of alkyl halides is 1. The third-order valence-electron chi connectivity index (χ3n) is 3.40. The number of likely N-dealkylation sites (tertiary alicyclic amines) is 1. The van der Waals surface area contributed by atoms with Crippen LogP contribution in [-0.2, 0) is 9.59 Å². The Morgan fingerprint density at radius 3 is 2.74 bits per heavy atom. The number of benzene rings is 1. The van der Waals surface area contributed by atoms with Crippen molar-refractivity contribution in [2.45, 2.75) is 10.3 Å². The Morgan fingerprint density at radius 1 is 1.35 bits per heavy atom. The highest BCUT2D eigenvalue weighted by Gasteiger charge is 2.35. The molecule has 2 heterocycles. The van der Waals surface area contributed by atoms with E-state index in [1.807, 2.05) is 28.0 Å². The Labute approximate surface area is 150 Å². The van der Waals surface area contributed by atoms with Crippen LogP contribution < -0.4 is 0 Å². The Kier molecular flexibility index (Phi) is 4.86. The maximum atomic E-state index is 12.9. The third-order valence-corrected chi connectivity index (χ3v) is 5.18. The lowest BCUT2D eigenvalue weighted by Crippen LogP contribution is -2.30. The molecule has 0 aliphatic carbocycles. The number of carbonyl (C=O) groups is 2. The molecule has 1 aromatic heterocycles. The van der Waals surface area contributed by atoms with Gasteiger partial charge in [0.25, 0.3) is 0 Å². The fourth-order valence-electron chi connectivity index (χ4n) is 2.21. The highest BCUT2D eigenvalue weighted by Crippen LogP contribution is 2.23. The van der Waals surface area contributed by atoms with Crippen molar-refractivity contribution in [1.29, 1.82) is 0 Å². The van der Waals surface area contributed by atoms with E-state index in [4.69, 9.17) is 0 Å². The molecule has 0 spiro atoms. The second-order valence-electron chi connectivity index (χ2n) is 4.99. The predicted molar refractivity (Wildman–Crippen MR) is 95.7 cm³/mol. The molecule has 1 unspecified atom stereocenters. The molecular formula is C16H12FIN2O2S. The number of nitrogens with zero attached hydrogens (tertiary/aromatic N) is 2. The van der Waals surface area contributed by atoms with Gasteiger partial charge in [-0.3, -0.25) is 14.5 Å². The topological polar surface area (TPSA) is 50.3 Å². The standard InChI is InChI=1S/C16H12FIN2O2S/c17-11-5-3-10(4-6-11)13-9-23-14(19-13)2-1-7-20-15(21)8-12(18)16(20)22/h1-6,9,12H,7-8H2. The number of rotatable bonds is 4. The lowest BCUT2D eigenvalue weighted by Gasteiger charge is -2.10. The fourth-order valence-corrected chi connectivity index (χ4v) is 3.67. The maximum Gasteiger partial charge on any atom is 0.242 e. The van der Waals surface area contributed by atoms with Crippen molar-refractivity contribution in [3.63, 3.8) is 0 Å². The van der Waals surface area contributed by atoms with Crippen molar-refractivity contribution in [1.82, 2.24) is 9.88 Å². The average molecular weight is 442 g/mol.